The summed E-state index contributed by atoms with van der Waals surface area (Å²) < 4.78 is 30.0. The fourth-order valence-corrected chi connectivity index (χ4v) is 3.20. The third-order valence-corrected chi connectivity index (χ3v) is 5.03. The number of pyridine rings is 1. The number of thioether (sulfide) groups is 1. The third-order valence-electron chi connectivity index (χ3n) is 3.67. The summed E-state index contributed by atoms with van der Waals surface area (Å²) in [6, 6.07) is 9.09. The minimum Gasteiger partial charge on any atom is -0.435 e. The van der Waals surface area contributed by atoms with Crippen molar-refractivity contribution in [3.63, 3.8) is 0 Å². The van der Waals surface area contributed by atoms with E-state index in [9.17, 15) is 13.6 Å². The van der Waals surface area contributed by atoms with Crippen LogP contribution in [0, 0.1) is 0 Å². The molecule has 0 aliphatic carbocycles. The van der Waals surface area contributed by atoms with Gasteiger partial charge >= 0.3 is 6.61 Å². The lowest BCUT2D eigenvalue weighted by molar-refractivity contribution is -0.115. The van der Waals surface area contributed by atoms with Gasteiger partial charge in [-0.25, -0.2) is 9.66 Å². The van der Waals surface area contributed by atoms with Crippen molar-refractivity contribution >= 4 is 35.0 Å². The molecule has 0 aliphatic rings. The molecule has 2 aromatic heterocycles. The van der Waals surface area contributed by atoms with Crippen LogP contribution in [0.3, 0.4) is 0 Å². The largest absolute Gasteiger partial charge is 0.435 e. The van der Waals surface area contributed by atoms with E-state index in [1.165, 1.54) is 35.1 Å². The Balaban J connectivity index is 1.69. The second kappa shape index (κ2) is 9.05. The molecule has 0 radical (unpaired) electrons. The molecule has 1 atom stereocenters. The van der Waals surface area contributed by atoms with Gasteiger partial charge in [-0.3, -0.25) is 4.79 Å². The van der Waals surface area contributed by atoms with Crippen molar-refractivity contribution in [2.75, 3.05) is 11.2 Å². The predicted molar refractivity (Wildman–Crippen MR) is 105 cm³/mol. The van der Waals surface area contributed by atoms with Crippen molar-refractivity contribution in [2.24, 2.45) is 0 Å². The third kappa shape index (κ3) is 5.12. The van der Waals surface area contributed by atoms with E-state index in [0.717, 1.165) is 11.8 Å². The summed E-state index contributed by atoms with van der Waals surface area (Å²) in [7, 11) is 0. The molecule has 12 heteroatoms. The number of hydrogen-bond donors (Lipinski definition) is 2. The highest BCUT2D eigenvalue weighted by Crippen LogP contribution is 2.27. The maximum Gasteiger partial charge on any atom is 0.387 e. The summed E-state index contributed by atoms with van der Waals surface area (Å²) >= 11 is 7.03. The van der Waals surface area contributed by atoms with E-state index in [1.807, 2.05) is 0 Å². The van der Waals surface area contributed by atoms with Crippen molar-refractivity contribution in [1.29, 1.82) is 0 Å². The number of ether oxygens (including phenoxy) is 1. The molecule has 0 spiro atoms. The first-order valence-corrected chi connectivity index (χ1v) is 9.44. The number of carbonyl (C=O) groups excluding carboxylic acids is 1. The van der Waals surface area contributed by atoms with Crippen LogP contribution < -0.4 is 15.9 Å². The number of nitrogens with one attached hydrogen (secondary N) is 1. The lowest BCUT2D eigenvalue weighted by atomic mass is 10.2. The van der Waals surface area contributed by atoms with Crippen LogP contribution in [-0.4, -0.2) is 37.6 Å². The second-order valence-corrected chi connectivity index (χ2v) is 7.34. The molecular formula is C17H15ClF2N6O2S. The summed E-state index contributed by atoms with van der Waals surface area (Å²) in [4.78, 5) is 16.3. The minimum atomic E-state index is -2.91. The van der Waals surface area contributed by atoms with Crippen LogP contribution in [0.1, 0.15) is 6.92 Å². The normalized spacial score (nSPS) is 12.0. The van der Waals surface area contributed by atoms with Gasteiger partial charge < -0.3 is 15.9 Å². The van der Waals surface area contributed by atoms with Crippen LogP contribution in [0.5, 0.6) is 5.75 Å². The van der Waals surface area contributed by atoms with Crippen LogP contribution in [0.4, 0.5) is 14.5 Å². The molecule has 152 valence electrons. The predicted octanol–water partition coefficient (Wildman–Crippen LogP) is 3.43. The van der Waals surface area contributed by atoms with Crippen molar-refractivity contribution in [3.8, 4) is 17.1 Å². The van der Waals surface area contributed by atoms with E-state index < -0.39 is 11.9 Å². The number of anilines is 1. The number of nitrogens with two attached hydrogens (primary N) is 1. The van der Waals surface area contributed by atoms with E-state index in [2.05, 4.69) is 25.2 Å². The molecule has 1 unspecified atom stereocenters. The fraction of sp³-hybridized carbons (Fsp3) is 0.176. The topological polar surface area (TPSA) is 108 Å². The molecule has 0 bridgehead atoms. The summed E-state index contributed by atoms with van der Waals surface area (Å²) in [5.74, 6) is 6.04. The van der Waals surface area contributed by atoms with Gasteiger partial charge in [0.1, 0.15) is 5.75 Å². The fourth-order valence-electron chi connectivity index (χ4n) is 2.26. The van der Waals surface area contributed by atoms with Crippen LogP contribution >= 0.6 is 23.4 Å². The first kappa shape index (κ1) is 20.8. The number of nitrogens with zero attached hydrogens (tertiary/aromatic N) is 4. The highest BCUT2D eigenvalue weighted by atomic mass is 35.5. The smallest absolute Gasteiger partial charge is 0.387 e. The Morgan fingerprint density at radius 1 is 1.28 bits per heavy atom. The Hall–Kier alpha value is -2.92. The molecular weight excluding hydrogens is 426 g/mol. The van der Waals surface area contributed by atoms with E-state index in [-0.39, 0.29) is 16.8 Å². The van der Waals surface area contributed by atoms with E-state index in [0.29, 0.717) is 22.2 Å². The van der Waals surface area contributed by atoms with Crippen LogP contribution in [0.25, 0.3) is 11.4 Å². The average Bonchev–Trinajstić information content (AvgIpc) is 3.04. The first-order chi connectivity index (χ1) is 13.8. The Morgan fingerprint density at radius 3 is 2.66 bits per heavy atom. The number of carbonyl (C=O) groups is 1. The van der Waals surface area contributed by atoms with Crippen LogP contribution in [-0.2, 0) is 4.79 Å². The van der Waals surface area contributed by atoms with Crippen molar-refractivity contribution in [1.82, 2.24) is 19.9 Å². The lowest BCUT2D eigenvalue weighted by Crippen LogP contribution is -2.24. The van der Waals surface area contributed by atoms with Crippen LogP contribution in [0.15, 0.2) is 47.8 Å². The summed E-state index contributed by atoms with van der Waals surface area (Å²) in [5, 5.41) is 10.6. The number of aromatic nitrogens is 4. The zero-order chi connectivity index (χ0) is 21.0. The lowest BCUT2D eigenvalue weighted by Gasteiger charge is -2.12. The van der Waals surface area contributed by atoms with E-state index in [1.54, 1.807) is 19.1 Å². The SMILES string of the molecule is CC(Sc1nnc(-c2ccc(OC(F)F)cc2)n1N)C(=O)Nc1cccnc1Cl. The molecule has 2 heterocycles. The monoisotopic (exact) mass is 440 g/mol. The Morgan fingerprint density at radius 2 is 2.00 bits per heavy atom. The Labute approximate surface area is 173 Å². The zero-order valence-electron chi connectivity index (χ0n) is 14.9. The van der Waals surface area contributed by atoms with Gasteiger partial charge in [-0.2, -0.15) is 8.78 Å². The van der Waals surface area contributed by atoms with Crippen molar-refractivity contribution in [3.05, 3.63) is 47.7 Å². The van der Waals surface area contributed by atoms with Crippen LogP contribution in [0.2, 0.25) is 5.15 Å². The van der Waals surface area contributed by atoms with Gasteiger partial charge in [0.2, 0.25) is 11.1 Å². The van der Waals surface area contributed by atoms with Gasteiger partial charge in [0, 0.05) is 11.8 Å². The number of amides is 1. The molecule has 3 rings (SSSR count). The average molecular weight is 441 g/mol. The van der Waals surface area contributed by atoms with Crippen molar-refractivity contribution in [2.45, 2.75) is 23.9 Å². The molecule has 1 aromatic carbocycles. The molecule has 3 N–H and O–H groups in total. The van der Waals surface area contributed by atoms with Gasteiger partial charge in [-0.05, 0) is 43.3 Å². The second-order valence-electron chi connectivity index (χ2n) is 5.67. The Kier molecular flexibility index (Phi) is 6.49. The van der Waals surface area contributed by atoms with E-state index >= 15 is 0 Å². The zero-order valence-corrected chi connectivity index (χ0v) is 16.5. The molecule has 0 fully saturated rings. The van der Waals surface area contributed by atoms with Crippen molar-refractivity contribution < 1.29 is 18.3 Å². The summed E-state index contributed by atoms with van der Waals surface area (Å²) in [6.07, 6.45) is 1.51. The maximum atomic E-state index is 12.4. The molecule has 0 aliphatic heterocycles. The van der Waals surface area contributed by atoms with Gasteiger partial charge in [-0.1, -0.05) is 23.4 Å². The van der Waals surface area contributed by atoms with E-state index in [4.69, 9.17) is 17.4 Å². The maximum absolute atomic E-state index is 12.4. The molecule has 1 amide bonds. The number of alkyl halides is 2. The van der Waals surface area contributed by atoms with Gasteiger partial charge in [0.05, 0.1) is 10.9 Å². The summed E-state index contributed by atoms with van der Waals surface area (Å²) in [5.41, 5.74) is 0.945. The van der Waals surface area contributed by atoms with Gasteiger partial charge in [0.25, 0.3) is 0 Å². The molecule has 8 nitrogen and oxygen atoms in total. The quantitative estimate of drug-likeness (QED) is 0.329. The number of benzene rings is 1. The number of hydrogen-bond acceptors (Lipinski definition) is 7. The number of nitrogen functional groups attached to an aromatic ring is 1. The number of rotatable bonds is 7. The molecule has 0 saturated heterocycles. The molecule has 0 saturated carbocycles. The van der Waals surface area contributed by atoms with Gasteiger partial charge in [0.15, 0.2) is 11.0 Å². The van der Waals surface area contributed by atoms with Gasteiger partial charge in [-0.15, -0.1) is 10.2 Å². The Bertz CT molecular complexity index is 1000. The standard InChI is InChI=1S/C17H15ClF2N6O2S/c1-9(15(27)23-12-3-2-8-22-13(12)18)29-17-25-24-14(26(17)21)10-4-6-11(7-5-10)28-16(19)20/h2-9,16H,21H2,1H3,(H,23,27). The summed E-state index contributed by atoms with van der Waals surface area (Å²) in [6.45, 7) is -1.23. The first-order valence-electron chi connectivity index (χ1n) is 8.19. The number of halogens is 3. The highest BCUT2D eigenvalue weighted by molar-refractivity contribution is 8.00. The highest BCUT2D eigenvalue weighted by Gasteiger charge is 2.21. The molecule has 29 heavy (non-hydrogen) atoms. The molecule has 3 aromatic rings. The minimum absolute atomic E-state index is 0.0146.